The van der Waals surface area contributed by atoms with E-state index in [0.29, 0.717) is 26.2 Å². The zero-order valence-electron chi connectivity index (χ0n) is 12.8. The summed E-state index contributed by atoms with van der Waals surface area (Å²) in [4.78, 5) is 42.0. The number of morpholine rings is 1. The molecule has 22 heavy (non-hydrogen) atoms. The van der Waals surface area contributed by atoms with Gasteiger partial charge in [-0.05, 0) is 32.1 Å². The van der Waals surface area contributed by atoms with Crippen LogP contribution < -0.4 is 0 Å². The van der Waals surface area contributed by atoms with Crippen LogP contribution in [0.25, 0.3) is 0 Å². The smallest absolute Gasteiger partial charge is 0.326 e. The van der Waals surface area contributed by atoms with Gasteiger partial charge in [0, 0.05) is 26.2 Å². The molecule has 4 amide bonds. The van der Waals surface area contributed by atoms with Crippen LogP contribution in [0.2, 0.25) is 0 Å². The quantitative estimate of drug-likeness (QED) is 0.659. The fourth-order valence-electron chi connectivity index (χ4n) is 3.31. The molecule has 7 heteroatoms. The number of piperidine rings is 1. The highest BCUT2D eigenvalue weighted by molar-refractivity contribution is 6.09. The van der Waals surface area contributed by atoms with Gasteiger partial charge in [0.1, 0.15) is 0 Å². The van der Waals surface area contributed by atoms with E-state index in [4.69, 9.17) is 4.74 Å². The Labute approximate surface area is 130 Å². The molecular weight excluding hydrogens is 286 g/mol. The minimum Gasteiger partial charge on any atom is -0.357 e. The van der Waals surface area contributed by atoms with Crippen LogP contribution in [0.15, 0.2) is 0 Å². The molecule has 0 bridgehead atoms. The molecule has 0 spiro atoms. The molecule has 7 nitrogen and oxygen atoms in total. The Morgan fingerprint density at radius 3 is 2.14 bits per heavy atom. The van der Waals surface area contributed by atoms with Crippen molar-refractivity contribution < 1.29 is 19.1 Å². The highest BCUT2D eigenvalue weighted by Crippen LogP contribution is 2.18. The largest absolute Gasteiger partial charge is 0.357 e. The average Bonchev–Trinajstić information content (AvgIpc) is 3.09. The molecule has 3 fully saturated rings. The van der Waals surface area contributed by atoms with Gasteiger partial charge in [0.05, 0.1) is 13.2 Å². The first-order valence-electron chi connectivity index (χ1n) is 8.19. The molecule has 1 unspecified atom stereocenters. The number of likely N-dealkylation sites (tertiary alicyclic amines) is 2. The van der Waals surface area contributed by atoms with E-state index in [1.165, 1.54) is 4.90 Å². The number of carbonyl (C=O) groups is 3. The number of carbonyl (C=O) groups excluding carboxylic acids is 3. The van der Waals surface area contributed by atoms with Gasteiger partial charge in [-0.1, -0.05) is 0 Å². The minimum absolute atomic E-state index is 0.232. The summed E-state index contributed by atoms with van der Waals surface area (Å²) < 4.78 is 5.38. The van der Waals surface area contributed by atoms with Gasteiger partial charge in [-0.3, -0.25) is 14.5 Å². The van der Waals surface area contributed by atoms with E-state index in [0.717, 1.165) is 32.1 Å². The summed E-state index contributed by atoms with van der Waals surface area (Å²) in [6.45, 7) is 3.19. The molecule has 0 radical (unpaired) electrons. The summed E-state index contributed by atoms with van der Waals surface area (Å²) in [6, 6.07) is -0.271. The second kappa shape index (κ2) is 6.64. The molecule has 0 saturated carbocycles. The van der Waals surface area contributed by atoms with Gasteiger partial charge in [0.2, 0.25) is 6.10 Å². The SMILES string of the molecule is O=C(C1OCCN(C(=O)N2CCCCC2)C1=O)N1CCCC1. The third-order valence-electron chi connectivity index (χ3n) is 4.59. The monoisotopic (exact) mass is 309 g/mol. The Balaban J connectivity index is 1.66. The molecular formula is C15H23N3O4. The van der Waals surface area contributed by atoms with Crippen molar-refractivity contribution in [2.75, 3.05) is 39.3 Å². The molecule has 3 aliphatic rings. The van der Waals surface area contributed by atoms with Crippen LogP contribution in [-0.4, -0.2) is 78.0 Å². The topological polar surface area (TPSA) is 70.2 Å². The molecule has 3 saturated heterocycles. The first-order chi connectivity index (χ1) is 10.7. The zero-order chi connectivity index (χ0) is 15.5. The maximum absolute atomic E-state index is 12.5. The predicted molar refractivity (Wildman–Crippen MR) is 78.1 cm³/mol. The Bertz CT molecular complexity index is 456. The maximum atomic E-state index is 12.5. The lowest BCUT2D eigenvalue weighted by Gasteiger charge is -2.36. The van der Waals surface area contributed by atoms with Crippen LogP contribution in [-0.2, 0) is 14.3 Å². The Morgan fingerprint density at radius 1 is 0.864 bits per heavy atom. The van der Waals surface area contributed by atoms with Crippen LogP contribution >= 0.6 is 0 Å². The lowest BCUT2D eigenvalue weighted by atomic mass is 10.1. The van der Waals surface area contributed by atoms with E-state index in [1.807, 2.05) is 0 Å². The first kappa shape index (κ1) is 15.3. The second-order valence-corrected chi connectivity index (χ2v) is 6.10. The number of rotatable bonds is 1. The van der Waals surface area contributed by atoms with Crippen LogP contribution in [0.4, 0.5) is 4.79 Å². The van der Waals surface area contributed by atoms with Crippen molar-refractivity contribution in [3.05, 3.63) is 0 Å². The molecule has 0 aromatic carbocycles. The van der Waals surface area contributed by atoms with Crippen LogP contribution in [0.3, 0.4) is 0 Å². The van der Waals surface area contributed by atoms with Gasteiger partial charge in [0.25, 0.3) is 11.8 Å². The van der Waals surface area contributed by atoms with E-state index in [2.05, 4.69) is 0 Å². The molecule has 0 aromatic heterocycles. The van der Waals surface area contributed by atoms with E-state index < -0.39 is 12.0 Å². The Hall–Kier alpha value is -1.63. The third kappa shape index (κ3) is 2.95. The van der Waals surface area contributed by atoms with Crippen molar-refractivity contribution in [1.29, 1.82) is 0 Å². The Morgan fingerprint density at radius 2 is 1.45 bits per heavy atom. The van der Waals surface area contributed by atoms with Crippen LogP contribution in [0, 0.1) is 0 Å². The maximum Gasteiger partial charge on any atom is 0.326 e. The average molecular weight is 309 g/mol. The summed E-state index contributed by atoms with van der Waals surface area (Å²) in [7, 11) is 0. The van der Waals surface area contributed by atoms with Crippen LogP contribution in [0.5, 0.6) is 0 Å². The van der Waals surface area contributed by atoms with Crippen molar-refractivity contribution in [3.63, 3.8) is 0 Å². The summed E-state index contributed by atoms with van der Waals surface area (Å²) in [5.74, 6) is -0.794. The first-order valence-corrected chi connectivity index (χ1v) is 8.19. The zero-order valence-corrected chi connectivity index (χ0v) is 12.8. The number of hydrogen-bond acceptors (Lipinski definition) is 4. The lowest BCUT2D eigenvalue weighted by Crippen LogP contribution is -2.59. The van der Waals surface area contributed by atoms with Crippen LogP contribution in [0.1, 0.15) is 32.1 Å². The molecule has 3 rings (SSSR count). The number of urea groups is 1. The molecule has 0 aliphatic carbocycles. The van der Waals surface area contributed by atoms with Gasteiger partial charge in [-0.15, -0.1) is 0 Å². The van der Waals surface area contributed by atoms with E-state index in [-0.39, 0.29) is 25.1 Å². The van der Waals surface area contributed by atoms with Gasteiger partial charge in [0.15, 0.2) is 0 Å². The molecule has 1 atom stereocenters. The summed E-state index contributed by atoms with van der Waals surface area (Å²) >= 11 is 0. The van der Waals surface area contributed by atoms with E-state index in [1.54, 1.807) is 9.80 Å². The number of hydrogen-bond donors (Lipinski definition) is 0. The number of imide groups is 1. The number of amides is 4. The number of ether oxygens (including phenoxy) is 1. The van der Waals surface area contributed by atoms with Crippen molar-refractivity contribution in [1.82, 2.24) is 14.7 Å². The predicted octanol–water partition coefficient (Wildman–Crippen LogP) is 0.442. The fourth-order valence-corrected chi connectivity index (χ4v) is 3.31. The van der Waals surface area contributed by atoms with Crippen molar-refractivity contribution in [2.45, 2.75) is 38.2 Å². The summed E-state index contributed by atoms with van der Waals surface area (Å²) in [5.41, 5.74) is 0. The summed E-state index contributed by atoms with van der Waals surface area (Å²) in [6.07, 6.45) is 3.85. The van der Waals surface area contributed by atoms with E-state index in [9.17, 15) is 14.4 Å². The highest BCUT2D eigenvalue weighted by Gasteiger charge is 2.41. The van der Waals surface area contributed by atoms with Crippen molar-refractivity contribution in [2.24, 2.45) is 0 Å². The fraction of sp³-hybridized carbons (Fsp3) is 0.800. The second-order valence-electron chi connectivity index (χ2n) is 6.10. The van der Waals surface area contributed by atoms with Gasteiger partial charge in [-0.25, -0.2) is 4.79 Å². The number of nitrogens with zero attached hydrogens (tertiary/aromatic N) is 3. The highest BCUT2D eigenvalue weighted by atomic mass is 16.5. The van der Waals surface area contributed by atoms with E-state index >= 15 is 0 Å². The lowest BCUT2D eigenvalue weighted by molar-refractivity contribution is -0.162. The van der Waals surface area contributed by atoms with Crippen molar-refractivity contribution in [3.8, 4) is 0 Å². The third-order valence-corrected chi connectivity index (χ3v) is 4.59. The molecule has 3 heterocycles. The van der Waals surface area contributed by atoms with Crippen molar-refractivity contribution >= 4 is 17.8 Å². The molecule has 122 valence electrons. The Kier molecular flexibility index (Phi) is 4.61. The van der Waals surface area contributed by atoms with Gasteiger partial charge in [-0.2, -0.15) is 0 Å². The molecule has 3 aliphatic heterocycles. The minimum atomic E-state index is -1.14. The summed E-state index contributed by atoms with van der Waals surface area (Å²) in [5, 5.41) is 0. The molecule has 0 N–H and O–H groups in total. The van der Waals surface area contributed by atoms with Gasteiger partial charge < -0.3 is 14.5 Å². The van der Waals surface area contributed by atoms with Gasteiger partial charge >= 0.3 is 6.03 Å². The normalized spacial score (nSPS) is 26.5. The standard InChI is InChI=1S/C15H23N3O4/c19-13(16-6-4-5-7-16)12-14(20)18(10-11-22-12)15(21)17-8-2-1-3-9-17/h12H,1-11H2. The molecule has 0 aromatic rings.